The van der Waals surface area contributed by atoms with Crippen LogP contribution in [0, 0.1) is 0 Å². The maximum absolute atomic E-state index is 12.5. The largest absolute Gasteiger partial charge is 0.466 e. The molecule has 2 heterocycles. The van der Waals surface area contributed by atoms with E-state index in [2.05, 4.69) is 30.9 Å². The van der Waals surface area contributed by atoms with Crippen LogP contribution < -0.4 is 5.73 Å². The first kappa shape index (κ1) is 22.5. The highest BCUT2D eigenvalue weighted by atomic mass is 16.5. The van der Waals surface area contributed by atoms with E-state index in [0.29, 0.717) is 12.0 Å². The Kier molecular flexibility index (Phi) is 9.59. The first-order valence-corrected chi connectivity index (χ1v) is 11.2. The van der Waals surface area contributed by atoms with E-state index in [1.54, 1.807) is 0 Å². The van der Waals surface area contributed by atoms with Crippen molar-refractivity contribution >= 4 is 11.9 Å². The van der Waals surface area contributed by atoms with Gasteiger partial charge in [-0.2, -0.15) is 0 Å². The fraction of sp³-hybridized carbons (Fsp3) is 0.739. The van der Waals surface area contributed by atoms with Crippen molar-refractivity contribution in [3.63, 3.8) is 0 Å². The van der Waals surface area contributed by atoms with E-state index in [1.165, 1.54) is 32.8 Å². The average molecular weight is 390 g/mol. The summed E-state index contributed by atoms with van der Waals surface area (Å²) in [6.07, 6.45) is 17.9. The van der Waals surface area contributed by atoms with E-state index in [9.17, 15) is 4.79 Å². The number of allylic oxidation sites excluding steroid dienone is 2. The van der Waals surface area contributed by atoms with Crippen LogP contribution in [0.15, 0.2) is 28.4 Å². The predicted octanol–water partition coefficient (Wildman–Crippen LogP) is 5.07. The molecule has 2 atom stereocenters. The van der Waals surface area contributed by atoms with Crippen LogP contribution >= 0.6 is 0 Å². The van der Waals surface area contributed by atoms with E-state index in [0.717, 1.165) is 62.6 Å². The molecule has 2 aliphatic heterocycles. The van der Waals surface area contributed by atoms with Crippen LogP contribution in [-0.2, 0) is 9.53 Å². The van der Waals surface area contributed by atoms with Crippen molar-refractivity contribution < 1.29 is 9.53 Å². The lowest BCUT2D eigenvalue weighted by molar-refractivity contribution is -0.136. The lowest BCUT2D eigenvalue weighted by Gasteiger charge is -2.33. The number of methoxy groups -OCH3 is 1. The van der Waals surface area contributed by atoms with Crippen molar-refractivity contribution in [3.8, 4) is 0 Å². The van der Waals surface area contributed by atoms with Gasteiger partial charge in [0.15, 0.2) is 5.96 Å². The summed E-state index contributed by atoms with van der Waals surface area (Å²) in [7, 11) is 1.46. The summed E-state index contributed by atoms with van der Waals surface area (Å²) in [5.41, 5.74) is 8.14. The molecular weight excluding hydrogens is 350 g/mol. The lowest BCUT2D eigenvalue weighted by Crippen LogP contribution is -2.45. The van der Waals surface area contributed by atoms with Crippen molar-refractivity contribution in [3.05, 3.63) is 23.4 Å². The third kappa shape index (κ3) is 5.86. The van der Waals surface area contributed by atoms with Gasteiger partial charge in [-0.1, -0.05) is 64.5 Å². The zero-order valence-electron chi connectivity index (χ0n) is 18.1. The average Bonchev–Trinajstić information content (AvgIpc) is 3.11. The summed E-state index contributed by atoms with van der Waals surface area (Å²) < 4.78 is 5.10. The van der Waals surface area contributed by atoms with E-state index >= 15 is 0 Å². The van der Waals surface area contributed by atoms with E-state index < -0.39 is 0 Å². The van der Waals surface area contributed by atoms with Gasteiger partial charge in [0.05, 0.1) is 18.7 Å². The number of fused-ring (bicyclic) bond motifs is 1. The molecule has 0 bridgehead atoms. The zero-order chi connectivity index (χ0) is 20.4. The number of guanidine groups is 1. The summed E-state index contributed by atoms with van der Waals surface area (Å²) in [5, 5.41) is 0. The highest BCUT2D eigenvalue weighted by molar-refractivity contribution is 5.95. The van der Waals surface area contributed by atoms with Crippen LogP contribution in [0.5, 0.6) is 0 Å². The van der Waals surface area contributed by atoms with Crippen LogP contribution in [-0.4, -0.2) is 36.0 Å². The first-order chi connectivity index (χ1) is 13.6. The Balaban J connectivity index is 2.04. The minimum atomic E-state index is -0.245. The molecule has 0 spiro atoms. The normalized spacial score (nSPS) is 22.0. The van der Waals surface area contributed by atoms with Gasteiger partial charge in [-0.15, -0.1) is 0 Å². The second-order valence-corrected chi connectivity index (χ2v) is 7.97. The smallest absolute Gasteiger partial charge is 0.337 e. The Bertz CT molecular complexity index is 595. The number of nitrogens with two attached hydrogens (primary N) is 1. The number of ether oxygens (including phenoxy) is 1. The minimum Gasteiger partial charge on any atom is -0.466 e. The molecule has 28 heavy (non-hydrogen) atoms. The molecule has 0 aromatic rings. The molecule has 5 nitrogen and oxygen atoms in total. The number of aliphatic imine (C=N–C) groups is 1. The molecule has 2 rings (SSSR count). The molecular formula is C23H39N3O2. The molecule has 0 aromatic carbocycles. The molecule has 1 fully saturated rings. The Morgan fingerprint density at radius 1 is 1.18 bits per heavy atom. The summed E-state index contributed by atoms with van der Waals surface area (Å²) in [5.74, 6) is 0.327. The number of esters is 1. The lowest BCUT2D eigenvalue weighted by atomic mass is 9.97. The van der Waals surface area contributed by atoms with E-state index in [-0.39, 0.29) is 12.0 Å². The quantitative estimate of drug-likeness (QED) is 0.287. The topological polar surface area (TPSA) is 67.9 Å². The van der Waals surface area contributed by atoms with E-state index in [4.69, 9.17) is 15.5 Å². The van der Waals surface area contributed by atoms with Crippen molar-refractivity contribution in [2.24, 2.45) is 10.7 Å². The van der Waals surface area contributed by atoms with Gasteiger partial charge in [-0.3, -0.25) is 0 Å². The molecule has 5 heteroatoms. The van der Waals surface area contributed by atoms with Gasteiger partial charge in [0, 0.05) is 11.7 Å². The number of unbranched alkanes of at least 4 members (excludes halogenated alkanes) is 6. The third-order valence-electron chi connectivity index (χ3n) is 5.83. The number of carbonyl (C=O) groups excluding carboxylic acids is 1. The minimum absolute atomic E-state index is 0.155. The number of nitrogens with zero attached hydrogens (tertiary/aromatic N) is 2. The van der Waals surface area contributed by atoms with Crippen LogP contribution in [0.3, 0.4) is 0 Å². The Morgan fingerprint density at radius 2 is 1.93 bits per heavy atom. The second kappa shape index (κ2) is 11.9. The monoisotopic (exact) mass is 389 g/mol. The van der Waals surface area contributed by atoms with Gasteiger partial charge in [-0.05, 0) is 38.5 Å². The molecule has 0 aromatic heterocycles. The summed E-state index contributed by atoms with van der Waals surface area (Å²) in [6, 6.07) is 0.139. The molecule has 0 unspecified atom stereocenters. The highest BCUT2D eigenvalue weighted by Crippen LogP contribution is 2.37. The molecule has 0 radical (unpaired) electrons. The van der Waals surface area contributed by atoms with E-state index in [1.807, 2.05) is 0 Å². The van der Waals surface area contributed by atoms with Crippen LogP contribution in [0.2, 0.25) is 0 Å². The number of carbonyl (C=O) groups is 1. The summed E-state index contributed by atoms with van der Waals surface area (Å²) in [6.45, 7) is 4.42. The second-order valence-electron chi connectivity index (χ2n) is 7.97. The molecule has 0 saturated carbocycles. The standard InChI is InChI=1S/C23H39N3O2/c1-4-6-8-9-10-11-13-14-18-16-17-20-21(22(27)28-3)19(15-12-7-5-2)25-23(24)26(18)20/h11,13,18-19H,4-10,12,14-17H2,1-3H3,(H2,24,25)/b13-11-/t18-,19+/m0/s1. The summed E-state index contributed by atoms with van der Waals surface area (Å²) in [4.78, 5) is 19.3. The first-order valence-electron chi connectivity index (χ1n) is 11.2. The van der Waals surface area contributed by atoms with Gasteiger partial charge in [0.1, 0.15) is 0 Å². The van der Waals surface area contributed by atoms with Gasteiger partial charge < -0.3 is 15.4 Å². The van der Waals surface area contributed by atoms with Crippen LogP contribution in [0.1, 0.15) is 90.9 Å². The molecule has 1 saturated heterocycles. The molecule has 0 aliphatic carbocycles. The Morgan fingerprint density at radius 3 is 2.64 bits per heavy atom. The fourth-order valence-corrected chi connectivity index (χ4v) is 4.29. The molecule has 0 amide bonds. The Hall–Kier alpha value is -1.78. The predicted molar refractivity (Wildman–Crippen MR) is 116 cm³/mol. The van der Waals surface area contributed by atoms with Crippen molar-refractivity contribution in [2.45, 2.75) is 103 Å². The number of hydrogen-bond acceptors (Lipinski definition) is 5. The third-order valence-corrected chi connectivity index (χ3v) is 5.83. The maximum Gasteiger partial charge on any atom is 0.337 e. The van der Waals surface area contributed by atoms with Crippen molar-refractivity contribution in [2.75, 3.05) is 7.11 Å². The maximum atomic E-state index is 12.5. The molecule has 2 aliphatic rings. The van der Waals surface area contributed by atoms with Gasteiger partial charge >= 0.3 is 5.97 Å². The SMILES string of the molecule is CCCCCC/C=C\C[C@H]1CCC2=C(C(=O)OC)[C@@H](CCCCC)N=C(N)N21. The van der Waals surface area contributed by atoms with Gasteiger partial charge in [0.2, 0.25) is 0 Å². The van der Waals surface area contributed by atoms with Crippen LogP contribution in [0.25, 0.3) is 0 Å². The summed E-state index contributed by atoms with van der Waals surface area (Å²) >= 11 is 0. The van der Waals surface area contributed by atoms with Crippen molar-refractivity contribution in [1.29, 1.82) is 0 Å². The zero-order valence-corrected chi connectivity index (χ0v) is 18.1. The highest BCUT2D eigenvalue weighted by Gasteiger charge is 2.39. The van der Waals surface area contributed by atoms with Gasteiger partial charge in [0.25, 0.3) is 0 Å². The van der Waals surface area contributed by atoms with Crippen molar-refractivity contribution in [1.82, 2.24) is 4.90 Å². The van der Waals surface area contributed by atoms with Gasteiger partial charge in [-0.25, -0.2) is 9.79 Å². The number of hydrogen-bond donors (Lipinski definition) is 1. The Labute approximate surface area is 171 Å². The molecule has 2 N–H and O–H groups in total. The molecule has 158 valence electrons. The van der Waals surface area contributed by atoms with Crippen LogP contribution in [0.4, 0.5) is 0 Å². The number of rotatable bonds is 12. The fourth-order valence-electron chi connectivity index (χ4n) is 4.29.